The number of nitrogens with zero attached hydrogens (tertiary/aromatic N) is 1. The highest BCUT2D eigenvalue weighted by Crippen LogP contribution is 2.29. The minimum atomic E-state index is -0.0230. The summed E-state index contributed by atoms with van der Waals surface area (Å²) in [6.45, 7) is 5.07. The molecule has 1 N–H and O–H groups in total. The Morgan fingerprint density at radius 3 is 2.76 bits per heavy atom. The zero-order valence-corrected chi connectivity index (χ0v) is 12.9. The van der Waals surface area contributed by atoms with Gasteiger partial charge in [-0.15, -0.1) is 0 Å². The molecule has 21 heavy (non-hydrogen) atoms. The lowest BCUT2D eigenvalue weighted by Crippen LogP contribution is -2.37. The molecule has 2 rings (SSSR count). The molecule has 1 fully saturated rings. The van der Waals surface area contributed by atoms with Crippen LogP contribution in [0, 0.1) is 6.92 Å². The first kappa shape index (κ1) is 15.6. The third-order valence-electron chi connectivity index (χ3n) is 3.77. The van der Waals surface area contributed by atoms with Crippen molar-refractivity contribution in [1.29, 1.82) is 0 Å². The molecule has 0 radical (unpaired) electrons. The maximum absolute atomic E-state index is 12.5. The van der Waals surface area contributed by atoms with Crippen molar-refractivity contribution >= 4 is 11.8 Å². The van der Waals surface area contributed by atoms with Gasteiger partial charge in [0.15, 0.2) is 0 Å². The van der Waals surface area contributed by atoms with Gasteiger partial charge in [-0.2, -0.15) is 0 Å². The van der Waals surface area contributed by atoms with Gasteiger partial charge in [0.25, 0.3) is 5.91 Å². The number of rotatable bonds is 8. The summed E-state index contributed by atoms with van der Waals surface area (Å²) >= 11 is 0. The fourth-order valence-corrected chi connectivity index (χ4v) is 2.31. The van der Waals surface area contributed by atoms with Gasteiger partial charge in [-0.3, -0.25) is 9.59 Å². The summed E-state index contributed by atoms with van der Waals surface area (Å²) < 4.78 is 5.20. The van der Waals surface area contributed by atoms with Gasteiger partial charge in [-0.05, 0) is 32.3 Å². The topological polar surface area (TPSA) is 62.6 Å². The fourth-order valence-electron chi connectivity index (χ4n) is 2.31. The number of hydrogen-bond donors (Lipinski definition) is 1. The van der Waals surface area contributed by atoms with Crippen molar-refractivity contribution < 1.29 is 14.0 Å². The molecule has 0 saturated heterocycles. The van der Waals surface area contributed by atoms with Crippen molar-refractivity contribution in [2.24, 2.45) is 0 Å². The molecule has 0 aliphatic heterocycles. The smallest absolute Gasteiger partial charge is 0.257 e. The van der Waals surface area contributed by atoms with Crippen LogP contribution in [-0.2, 0) is 4.79 Å². The molecule has 0 bridgehead atoms. The van der Waals surface area contributed by atoms with Gasteiger partial charge in [0.1, 0.15) is 5.76 Å². The van der Waals surface area contributed by atoms with Crippen LogP contribution in [0.4, 0.5) is 0 Å². The Balaban J connectivity index is 1.87. The number of nitrogens with one attached hydrogen (secondary N) is 1. The van der Waals surface area contributed by atoms with Crippen molar-refractivity contribution in [2.75, 3.05) is 13.1 Å². The average Bonchev–Trinajstić information content (AvgIpc) is 3.20. The van der Waals surface area contributed by atoms with Crippen molar-refractivity contribution in [3.05, 3.63) is 23.7 Å². The van der Waals surface area contributed by atoms with Crippen LogP contribution in [0.2, 0.25) is 0 Å². The van der Waals surface area contributed by atoms with Crippen LogP contribution >= 0.6 is 0 Å². The quantitative estimate of drug-likeness (QED) is 0.749. The number of unbranched alkanes of at least 4 members (excludes halogenated alkanes) is 1. The SMILES string of the molecule is CCCCNC(=O)CCN(C(=O)c1ccoc1C)C1CC1. The Labute approximate surface area is 125 Å². The third-order valence-corrected chi connectivity index (χ3v) is 3.77. The Bertz CT molecular complexity index is 491. The van der Waals surface area contributed by atoms with Crippen LogP contribution in [0.15, 0.2) is 16.7 Å². The lowest BCUT2D eigenvalue weighted by Gasteiger charge is -2.22. The van der Waals surface area contributed by atoms with E-state index in [1.165, 1.54) is 6.26 Å². The zero-order valence-electron chi connectivity index (χ0n) is 12.9. The minimum Gasteiger partial charge on any atom is -0.469 e. The summed E-state index contributed by atoms with van der Waals surface area (Å²) in [5.74, 6) is 0.633. The molecule has 1 aromatic heterocycles. The van der Waals surface area contributed by atoms with E-state index in [2.05, 4.69) is 12.2 Å². The molecule has 0 spiro atoms. The van der Waals surface area contributed by atoms with Crippen LogP contribution in [-0.4, -0.2) is 35.8 Å². The molecule has 5 heteroatoms. The van der Waals surface area contributed by atoms with E-state index in [-0.39, 0.29) is 17.9 Å². The van der Waals surface area contributed by atoms with E-state index in [0.29, 0.717) is 30.8 Å². The summed E-state index contributed by atoms with van der Waals surface area (Å²) in [6, 6.07) is 1.99. The van der Waals surface area contributed by atoms with Crippen molar-refractivity contribution in [3.8, 4) is 0 Å². The van der Waals surface area contributed by atoms with Gasteiger partial charge in [-0.1, -0.05) is 13.3 Å². The van der Waals surface area contributed by atoms with E-state index in [0.717, 1.165) is 25.7 Å². The Kier molecular flexibility index (Phi) is 5.42. The molecule has 116 valence electrons. The van der Waals surface area contributed by atoms with E-state index < -0.39 is 0 Å². The summed E-state index contributed by atoms with van der Waals surface area (Å²) in [5, 5.41) is 2.89. The van der Waals surface area contributed by atoms with Crippen LogP contribution < -0.4 is 5.32 Å². The van der Waals surface area contributed by atoms with Gasteiger partial charge in [0, 0.05) is 25.6 Å². The minimum absolute atomic E-state index is 0.0193. The standard InChI is InChI=1S/C16H24N2O3/c1-3-4-9-17-15(19)7-10-18(13-5-6-13)16(20)14-8-11-21-12(14)2/h8,11,13H,3-7,9-10H2,1-2H3,(H,17,19). The lowest BCUT2D eigenvalue weighted by atomic mass is 10.2. The second-order valence-corrected chi connectivity index (χ2v) is 5.57. The number of aryl methyl sites for hydroxylation is 1. The summed E-state index contributed by atoms with van der Waals surface area (Å²) in [6.07, 6.45) is 6.01. The second kappa shape index (κ2) is 7.29. The highest BCUT2D eigenvalue weighted by Gasteiger charge is 2.34. The van der Waals surface area contributed by atoms with Gasteiger partial charge >= 0.3 is 0 Å². The number of hydrogen-bond acceptors (Lipinski definition) is 3. The first-order chi connectivity index (χ1) is 10.1. The second-order valence-electron chi connectivity index (χ2n) is 5.57. The van der Waals surface area contributed by atoms with Crippen molar-refractivity contribution in [3.63, 3.8) is 0 Å². The Morgan fingerprint density at radius 2 is 2.19 bits per heavy atom. The maximum Gasteiger partial charge on any atom is 0.257 e. The summed E-state index contributed by atoms with van der Waals surface area (Å²) in [7, 11) is 0. The predicted octanol–water partition coefficient (Wildman–Crippen LogP) is 2.50. The molecule has 2 amide bonds. The lowest BCUT2D eigenvalue weighted by molar-refractivity contribution is -0.121. The molecule has 1 aliphatic rings. The fraction of sp³-hybridized carbons (Fsp3) is 0.625. The molecule has 0 atom stereocenters. The molecule has 1 aromatic rings. The molecular formula is C16H24N2O3. The molecule has 1 aliphatic carbocycles. The predicted molar refractivity (Wildman–Crippen MR) is 80.0 cm³/mol. The number of carbonyl (C=O) groups excluding carboxylic acids is 2. The van der Waals surface area contributed by atoms with Crippen LogP contribution in [0.5, 0.6) is 0 Å². The Hall–Kier alpha value is -1.78. The number of amides is 2. The van der Waals surface area contributed by atoms with Crippen LogP contribution in [0.1, 0.15) is 55.1 Å². The van der Waals surface area contributed by atoms with Crippen molar-refractivity contribution in [1.82, 2.24) is 10.2 Å². The number of carbonyl (C=O) groups is 2. The van der Waals surface area contributed by atoms with Gasteiger partial charge in [0.2, 0.25) is 5.91 Å². The first-order valence-electron chi connectivity index (χ1n) is 7.75. The van der Waals surface area contributed by atoms with E-state index in [9.17, 15) is 9.59 Å². The number of furan rings is 1. The van der Waals surface area contributed by atoms with Crippen LogP contribution in [0.3, 0.4) is 0 Å². The monoisotopic (exact) mass is 292 g/mol. The van der Waals surface area contributed by atoms with Gasteiger partial charge in [-0.25, -0.2) is 0 Å². The Morgan fingerprint density at radius 1 is 1.43 bits per heavy atom. The van der Waals surface area contributed by atoms with E-state index in [4.69, 9.17) is 4.42 Å². The molecule has 1 saturated carbocycles. The highest BCUT2D eigenvalue weighted by atomic mass is 16.3. The largest absolute Gasteiger partial charge is 0.469 e. The van der Waals surface area contributed by atoms with Crippen molar-refractivity contribution in [2.45, 2.75) is 52.0 Å². The normalized spacial score (nSPS) is 14.0. The molecule has 1 heterocycles. The molecular weight excluding hydrogens is 268 g/mol. The van der Waals surface area contributed by atoms with E-state index >= 15 is 0 Å². The van der Waals surface area contributed by atoms with Gasteiger partial charge < -0.3 is 14.6 Å². The van der Waals surface area contributed by atoms with Gasteiger partial charge in [0.05, 0.1) is 11.8 Å². The third kappa shape index (κ3) is 4.34. The van der Waals surface area contributed by atoms with E-state index in [1.807, 2.05) is 4.90 Å². The summed E-state index contributed by atoms with van der Waals surface area (Å²) in [4.78, 5) is 26.1. The first-order valence-corrected chi connectivity index (χ1v) is 7.75. The zero-order chi connectivity index (χ0) is 15.2. The molecule has 0 aromatic carbocycles. The van der Waals surface area contributed by atoms with Crippen LogP contribution in [0.25, 0.3) is 0 Å². The molecule has 5 nitrogen and oxygen atoms in total. The summed E-state index contributed by atoms with van der Waals surface area (Å²) in [5.41, 5.74) is 0.605. The highest BCUT2D eigenvalue weighted by molar-refractivity contribution is 5.95. The molecule has 0 unspecified atom stereocenters. The maximum atomic E-state index is 12.5. The van der Waals surface area contributed by atoms with E-state index in [1.54, 1.807) is 13.0 Å². The average molecular weight is 292 g/mol.